The molecule has 0 spiro atoms. The maximum atomic E-state index is 6.06. The Balaban J connectivity index is 1.81. The Kier molecular flexibility index (Phi) is 4.01. The summed E-state index contributed by atoms with van der Waals surface area (Å²) in [6, 6.07) is 5.97. The van der Waals surface area contributed by atoms with Crippen LogP contribution in [0.5, 0.6) is 0 Å². The summed E-state index contributed by atoms with van der Waals surface area (Å²) in [6.07, 6.45) is 6.23. The van der Waals surface area contributed by atoms with Gasteiger partial charge in [0.15, 0.2) is 0 Å². The van der Waals surface area contributed by atoms with Gasteiger partial charge in [-0.05, 0) is 37.8 Å². The van der Waals surface area contributed by atoms with Crippen LogP contribution in [-0.2, 0) is 0 Å². The third-order valence-electron chi connectivity index (χ3n) is 3.98. The Labute approximate surface area is 128 Å². The van der Waals surface area contributed by atoms with E-state index in [-0.39, 0.29) is 0 Å². The summed E-state index contributed by atoms with van der Waals surface area (Å²) >= 11 is 12.0. The minimum Gasteiger partial charge on any atom is -0.342 e. The van der Waals surface area contributed by atoms with E-state index in [1.54, 1.807) is 6.07 Å². The van der Waals surface area contributed by atoms with Gasteiger partial charge < -0.3 is 10.7 Å². The van der Waals surface area contributed by atoms with Crippen LogP contribution in [0, 0.1) is 0 Å². The normalized spacial score (nSPS) is 22.9. The number of nitrogens with zero attached hydrogens (tertiary/aromatic N) is 1. The van der Waals surface area contributed by atoms with E-state index in [0.29, 0.717) is 22.0 Å². The molecule has 106 valence electrons. The Hall–Kier alpha value is -1.03. The van der Waals surface area contributed by atoms with Crippen LogP contribution in [0.4, 0.5) is 0 Å². The molecule has 3 rings (SSSR count). The van der Waals surface area contributed by atoms with Gasteiger partial charge in [0.1, 0.15) is 5.82 Å². The highest BCUT2D eigenvalue weighted by atomic mass is 35.5. The Morgan fingerprint density at radius 2 is 1.85 bits per heavy atom. The molecule has 1 aliphatic rings. The van der Waals surface area contributed by atoms with Crippen molar-refractivity contribution < 1.29 is 0 Å². The van der Waals surface area contributed by atoms with Gasteiger partial charge in [0.05, 0.1) is 21.9 Å². The number of hydrogen-bond acceptors (Lipinski definition) is 2. The average molecular weight is 310 g/mol. The fourth-order valence-electron chi connectivity index (χ4n) is 2.75. The highest BCUT2D eigenvalue weighted by Gasteiger charge is 2.22. The lowest BCUT2D eigenvalue weighted by Crippen LogP contribution is -2.26. The molecule has 0 saturated heterocycles. The quantitative estimate of drug-likeness (QED) is 0.865. The molecule has 1 aliphatic carbocycles. The van der Waals surface area contributed by atoms with Gasteiger partial charge in [0.2, 0.25) is 0 Å². The van der Waals surface area contributed by atoms with Crippen LogP contribution in [0.1, 0.15) is 37.4 Å². The van der Waals surface area contributed by atoms with E-state index < -0.39 is 0 Å². The number of hydrogen-bond donors (Lipinski definition) is 2. The molecular formula is C15H17Cl2N3. The molecule has 0 aliphatic heterocycles. The molecule has 0 amide bonds. The van der Waals surface area contributed by atoms with E-state index >= 15 is 0 Å². The van der Waals surface area contributed by atoms with Crippen molar-refractivity contribution >= 4 is 23.2 Å². The van der Waals surface area contributed by atoms with E-state index in [0.717, 1.165) is 42.8 Å². The molecule has 1 heterocycles. The lowest BCUT2D eigenvalue weighted by Gasteiger charge is -2.24. The Bertz CT molecular complexity index is 601. The maximum Gasteiger partial charge on any atom is 0.109 e. The van der Waals surface area contributed by atoms with Crippen LogP contribution in [0.2, 0.25) is 10.0 Å². The first kappa shape index (κ1) is 13.9. The first-order valence-corrected chi connectivity index (χ1v) is 7.65. The van der Waals surface area contributed by atoms with Crippen molar-refractivity contribution in [2.45, 2.75) is 37.6 Å². The van der Waals surface area contributed by atoms with Crippen LogP contribution in [0.25, 0.3) is 11.3 Å². The van der Waals surface area contributed by atoms with Gasteiger partial charge >= 0.3 is 0 Å². The fraction of sp³-hybridized carbons (Fsp3) is 0.400. The molecule has 0 bridgehead atoms. The largest absolute Gasteiger partial charge is 0.342 e. The van der Waals surface area contributed by atoms with E-state index in [4.69, 9.17) is 28.9 Å². The molecule has 0 radical (unpaired) electrons. The van der Waals surface area contributed by atoms with Crippen molar-refractivity contribution in [1.29, 1.82) is 0 Å². The second-order valence-electron chi connectivity index (χ2n) is 5.42. The van der Waals surface area contributed by atoms with E-state index in [1.807, 2.05) is 18.3 Å². The number of rotatable bonds is 2. The summed E-state index contributed by atoms with van der Waals surface area (Å²) in [7, 11) is 0. The van der Waals surface area contributed by atoms with E-state index in [2.05, 4.69) is 9.97 Å². The van der Waals surface area contributed by atoms with Gasteiger partial charge in [-0.15, -0.1) is 0 Å². The second kappa shape index (κ2) is 5.76. The standard InChI is InChI=1S/C15H17Cl2N3/c16-12-6-3-10(7-13(12)17)14-8-19-15(20-14)9-1-4-11(18)5-2-9/h3,6-9,11H,1-2,4-5,18H2,(H,19,20). The van der Waals surface area contributed by atoms with Crippen molar-refractivity contribution in [3.63, 3.8) is 0 Å². The summed E-state index contributed by atoms with van der Waals surface area (Å²) in [4.78, 5) is 7.93. The first-order chi connectivity index (χ1) is 9.63. The lowest BCUT2D eigenvalue weighted by atomic mass is 9.86. The second-order valence-corrected chi connectivity index (χ2v) is 6.24. The summed E-state index contributed by atoms with van der Waals surface area (Å²) in [6.45, 7) is 0. The van der Waals surface area contributed by atoms with Crippen LogP contribution < -0.4 is 5.73 Å². The number of H-pyrrole nitrogens is 1. The Morgan fingerprint density at radius 3 is 2.55 bits per heavy atom. The molecule has 3 N–H and O–H groups in total. The third-order valence-corrected chi connectivity index (χ3v) is 4.72. The fourth-order valence-corrected chi connectivity index (χ4v) is 3.05. The molecule has 1 saturated carbocycles. The number of nitrogens with two attached hydrogens (primary N) is 1. The molecule has 20 heavy (non-hydrogen) atoms. The highest BCUT2D eigenvalue weighted by molar-refractivity contribution is 6.42. The molecule has 3 nitrogen and oxygen atoms in total. The van der Waals surface area contributed by atoms with Gasteiger partial charge in [-0.25, -0.2) is 4.98 Å². The zero-order valence-corrected chi connectivity index (χ0v) is 12.6. The number of halogens is 2. The van der Waals surface area contributed by atoms with Gasteiger partial charge in [-0.3, -0.25) is 0 Å². The van der Waals surface area contributed by atoms with Gasteiger partial charge in [0, 0.05) is 17.5 Å². The Morgan fingerprint density at radius 1 is 1.10 bits per heavy atom. The molecular weight excluding hydrogens is 293 g/mol. The number of imidazole rings is 1. The summed E-state index contributed by atoms with van der Waals surface area (Å²) < 4.78 is 0. The predicted molar refractivity (Wildman–Crippen MR) is 83.2 cm³/mol. The zero-order chi connectivity index (χ0) is 14.1. The molecule has 0 unspecified atom stereocenters. The maximum absolute atomic E-state index is 6.06. The topological polar surface area (TPSA) is 54.7 Å². The summed E-state index contributed by atoms with van der Waals surface area (Å²) in [5.74, 6) is 1.55. The van der Waals surface area contributed by atoms with Gasteiger partial charge in [0.25, 0.3) is 0 Å². The van der Waals surface area contributed by atoms with Gasteiger partial charge in [-0.1, -0.05) is 29.3 Å². The average Bonchev–Trinajstić information content (AvgIpc) is 2.92. The third kappa shape index (κ3) is 2.85. The van der Waals surface area contributed by atoms with Crippen LogP contribution >= 0.6 is 23.2 Å². The van der Waals surface area contributed by atoms with Crippen LogP contribution in [0.15, 0.2) is 24.4 Å². The molecule has 1 fully saturated rings. The van der Waals surface area contributed by atoms with Crippen molar-refractivity contribution in [1.82, 2.24) is 9.97 Å². The minimum absolute atomic E-state index is 0.357. The SMILES string of the molecule is NC1CCC(c2ncc(-c3ccc(Cl)c(Cl)c3)[nH]2)CC1. The lowest BCUT2D eigenvalue weighted by molar-refractivity contribution is 0.386. The molecule has 5 heteroatoms. The number of nitrogens with one attached hydrogen (secondary N) is 1. The van der Waals surface area contributed by atoms with Crippen LogP contribution in [0.3, 0.4) is 0 Å². The van der Waals surface area contributed by atoms with E-state index in [9.17, 15) is 0 Å². The van der Waals surface area contributed by atoms with Crippen molar-refractivity contribution in [2.75, 3.05) is 0 Å². The molecule has 1 aromatic heterocycles. The first-order valence-electron chi connectivity index (χ1n) is 6.89. The molecule has 2 aromatic rings. The summed E-state index contributed by atoms with van der Waals surface area (Å²) in [5, 5.41) is 1.13. The highest BCUT2D eigenvalue weighted by Crippen LogP contribution is 2.33. The monoisotopic (exact) mass is 309 g/mol. The van der Waals surface area contributed by atoms with Crippen molar-refractivity contribution in [2.24, 2.45) is 5.73 Å². The molecule has 1 aromatic carbocycles. The smallest absolute Gasteiger partial charge is 0.109 e. The number of aromatic amines is 1. The summed E-state index contributed by atoms with van der Waals surface area (Å²) in [5.41, 5.74) is 7.93. The molecule has 0 atom stereocenters. The number of benzene rings is 1. The van der Waals surface area contributed by atoms with Crippen molar-refractivity contribution in [3.05, 3.63) is 40.3 Å². The van der Waals surface area contributed by atoms with Crippen LogP contribution in [-0.4, -0.2) is 16.0 Å². The van der Waals surface area contributed by atoms with E-state index in [1.165, 1.54) is 0 Å². The zero-order valence-electron chi connectivity index (χ0n) is 11.1. The predicted octanol–water partition coefficient (Wildman–Crippen LogP) is 4.37. The minimum atomic E-state index is 0.357. The number of aromatic nitrogens is 2. The van der Waals surface area contributed by atoms with Gasteiger partial charge in [-0.2, -0.15) is 0 Å². The van der Waals surface area contributed by atoms with Crippen molar-refractivity contribution in [3.8, 4) is 11.3 Å².